The Morgan fingerprint density at radius 1 is 0.941 bits per heavy atom. The predicted octanol–water partition coefficient (Wildman–Crippen LogP) is 4.74. The second-order valence-corrected chi connectivity index (χ2v) is 7.01. The topological polar surface area (TPSA) is 112 Å². The minimum absolute atomic E-state index is 0.0386. The minimum atomic E-state index is -0.441. The van der Waals surface area contributed by atoms with Gasteiger partial charge >= 0.3 is 0 Å². The quantitative estimate of drug-likeness (QED) is 0.250. The van der Waals surface area contributed by atoms with Crippen LogP contribution < -0.4 is 19.6 Å². The van der Waals surface area contributed by atoms with Crippen LogP contribution in [0.5, 0.6) is 17.2 Å². The second-order valence-electron chi connectivity index (χ2n) is 7.01. The third kappa shape index (κ3) is 6.80. The van der Waals surface area contributed by atoms with Crippen molar-refractivity contribution in [3.63, 3.8) is 0 Å². The molecule has 0 aliphatic rings. The van der Waals surface area contributed by atoms with Crippen LogP contribution >= 0.6 is 0 Å². The zero-order valence-electron chi connectivity index (χ0n) is 18.9. The van der Waals surface area contributed by atoms with Crippen LogP contribution in [0.25, 0.3) is 0 Å². The summed E-state index contributed by atoms with van der Waals surface area (Å²) in [7, 11) is 0. The van der Waals surface area contributed by atoms with Gasteiger partial charge in [0.1, 0.15) is 12.4 Å². The van der Waals surface area contributed by atoms with Crippen molar-refractivity contribution in [1.82, 2.24) is 5.43 Å². The molecule has 0 bridgehead atoms. The molecule has 3 rings (SSSR count). The summed E-state index contributed by atoms with van der Waals surface area (Å²) in [5, 5.41) is 14.7. The van der Waals surface area contributed by atoms with E-state index in [2.05, 4.69) is 10.5 Å². The molecule has 0 unspecified atom stereocenters. The monoisotopic (exact) mass is 463 g/mol. The molecule has 0 aromatic heterocycles. The molecule has 0 radical (unpaired) electrons. The molecule has 0 atom stereocenters. The number of carbonyl (C=O) groups is 1. The Kier molecular flexibility index (Phi) is 8.56. The van der Waals surface area contributed by atoms with Crippen molar-refractivity contribution >= 4 is 17.8 Å². The Labute approximate surface area is 197 Å². The number of non-ortho nitro benzene ring substituents is 1. The molecule has 176 valence electrons. The summed E-state index contributed by atoms with van der Waals surface area (Å²) in [5.74, 6) is 1.35. The molecule has 0 aliphatic heterocycles. The predicted molar refractivity (Wildman–Crippen MR) is 128 cm³/mol. The summed E-state index contributed by atoms with van der Waals surface area (Å²) < 4.78 is 16.8. The smallest absolute Gasteiger partial charge is 0.271 e. The molecule has 0 fully saturated rings. The minimum Gasteiger partial charge on any atom is -0.490 e. The molecular weight excluding hydrogens is 438 g/mol. The lowest BCUT2D eigenvalue weighted by molar-refractivity contribution is -0.384. The number of hydrogen-bond donors (Lipinski definition) is 1. The van der Waals surface area contributed by atoms with Crippen LogP contribution in [0.15, 0.2) is 71.8 Å². The van der Waals surface area contributed by atoms with Gasteiger partial charge in [0.05, 0.1) is 24.4 Å². The molecule has 34 heavy (non-hydrogen) atoms. The molecule has 0 saturated heterocycles. The fourth-order valence-corrected chi connectivity index (χ4v) is 2.95. The number of hydrogen-bond acceptors (Lipinski definition) is 7. The lowest BCUT2D eigenvalue weighted by Gasteiger charge is -2.11. The third-order valence-electron chi connectivity index (χ3n) is 4.62. The molecular formula is C25H25N3O6. The van der Waals surface area contributed by atoms with E-state index in [9.17, 15) is 14.9 Å². The third-order valence-corrected chi connectivity index (χ3v) is 4.62. The lowest BCUT2D eigenvalue weighted by atomic mass is 10.2. The number of rotatable bonds is 11. The van der Waals surface area contributed by atoms with Crippen molar-refractivity contribution in [2.45, 2.75) is 20.5 Å². The van der Waals surface area contributed by atoms with Crippen molar-refractivity contribution in [3.8, 4) is 17.2 Å². The number of nitrogens with zero attached hydrogens (tertiary/aromatic N) is 2. The largest absolute Gasteiger partial charge is 0.490 e. The van der Waals surface area contributed by atoms with E-state index in [4.69, 9.17) is 14.2 Å². The lowest BCUT2D eigenvalue weighted by Crippen LogP contribution is -2.17. The summed E-state index contributed by atoms with van der Waals surface area (Å²) in [4.78, 5) is 22.7. The molecule has 9 heteroatoms. The van der Waals surface area contributed by atoms with Crippen LogP contribution in [0.1, 0.15) is 35.3 Å². The SMILES string of the molecule is CCOc1ccc(C(=O)N/N=C/c2ccc(OCc3ccc([N+](=O)[O-])cc3)cc2)cc1OCC. The first kappa shape index (κ1) is 24.2. The number of hydrazone groups is 1. The van der Waals surface area contributed by atoms with Gasteiger partial charge in [-0.15, -0.1) is 0 Å². The van der Waals surface area contributed by atoms with Crippen LogP contribution in [-0.2, 0) is 6.61 Å². The van der Waals surface area contributed by atoms with E-state index in [1.54, 1.807) is 54.6 Å². The summed E-state index contributed by atoms with van der Waals surface area (Å²) in [6, 6.07) is 18.3. The maximum absolute atomic E-state index is 12.4. The highest BCUT2D eigenvalue weighted by Gasteiger charge is 2.11. The zero-order valence-corrected chi connectivity index (χ0v) is 18.9. The van der Waals surface area contributed by atoms with Crippen LogP contribution in [0, 0.1) is 10.1 Å². The van der Waals surface area contributed by atoms with E-state index < -0.39 is 4.92 Å². The van der Waals surface area contributed by atoms with Gasteiger partial charge in [0.15, 0.2) is 11.5 Å². The van der Waals surface area contributed by atoms with Gasteiger partial charge in [0, 0.05) is 17.7 Å². The highest BCUT2D eigenvalue weighted by molar-refractivity contribution is 5.95. The van der Waals surface area contributed by atoms with Crippen molar-refractivity contribution in [2.24, 2.45) is 5.10 Å². The zero-order chi connectivity index (χ0) is 24.3. The van der Waals surface area contributed by atoms with Crippen molar-refractivity contribution in [2.75, 3.05) is 13.2 Å². The first-order valence-corrected chi connectivity index (χ1v) is 10.7. The second kappa shape index (κ2) is 12.0. The van der Waals surface area contributed by atoms with E-state index in [0.29, 0.717) is 36.0 Å². The van der Waals surface area contributed by atoms with E-state index in [-0.39, 0.29) is 18.2 Å². The Balaban J connectivity index is 1.53. The van der Waals surface area contributed by atoms with Crippen LogP contribution in [0.4, 0.5) is 5.69 Å². The summed E-state index contributed by atoms with van der Waals surface area (Å²) in [6.07, 6.45) is 1.52. The van der Waals surface area contributed by atoms with E-state index in [0.717, 1.165) is 11.1 Å². The molecule has 1 N–H and O–H groups in total. The molecule has 1 amide bonds. The summed E-state index contributed by atoms with van der Waals surface area (Å²) in [5.41, 5.74) is 4.53. The van der Waals surface area contributed by atoms with E-state index in [1.165, 1.54) is 18.3 Å². The Morgan fingerprint density at radius 2 is 1.62 bits per heavy atom. The average Bonchev–Trinajstić information content (AvgIpc) is 2.85. The maximum atomic E-state index is 12.4. The first-order chi connectivity index (χ1) is 16.5. The Hall–Kier alpha value is -4.40. The Morgan fingerprint density at radius 3 is 2.26 bits per heavy atom. The van der Waals surface area contributed by atoms with E-state index in [1.807, 2.05) is 13.8 Å². The Bertz CT molecular complexity index is 1140. The molecule has 0 spiro atoms. The highest BCUT2D eigenvalue weighted by atomic mass is 16.6. The molecule has 0 heterocycles. The molecule has 3 aromatic rings. The van der Waals surface area contributed by atoms with Crippen LogP contribution in [0.3, 0.4) is 0 Å². The van der Waals surface area contributed by atoms with Gasteiger partial charge in [-0.3, -0.25) is 14.9 Å². The average molecular weight is 463 g/mol. The van der Waals surface area contributed by atoms with Gasteiger partial charge < -0.3 is 14.2 Å². The fourth-order valence-electron chi connectivity index (χ4n) is 2.95. The molecule has 9 nitrogen and oxygen atoms in total. The van der Waals surface area contributed by atoms with Crippen molar-refractivity contribution in [3.05, 3.63) is 93.5 Å². The van der Waals surface area contributed by atoms with Gasteiger partial charge in [-0.05, 0) is 79.6 Å². The number of amides is 1. The number of nitro benzene ring substituents is 1. The first-order valence-electron chi connectivity index (χ1n) is 10.7. The molecule has 0 aliphatic carbocycles. The molecule has 0 saturated carbocycles. The maximum Gasteiger partial charge on any atom is 0.271 e. The molecule has 3 aromatic carbocycles. The van der Waals surface area contributed by atoms with Gasteiger partial charge in [-0.2, -0.15) is 5.10 Å². The number of nitrogens with one attached hydrogen (secondary N) is 1. The number of carbonyl (C=O) groups excluding carboxylic acids is 1. The standard InChI is InChI=1S/C25H25N3O6/c1-3-32-23-14-9-20(15-24(23)33-4-2)25(29)27-26-16-18-7-12-22(13-8-18)34-17-19-5-10-21(11-6-19)28(30)31/h5-16H,3-4,17H2,1-2H3,(H,27,29)/b26-16+. The highest BCUT2D eigenvalue weighted by Crippen LogP contribution is 2.28. The van der Waals surface area contributed by atoms with Crippen molar-refractivity contribution in [1.29, 1.82) is 0 Å². The number of nitro groups is 1. The van der Waals surface area contributed by atoms with Crippen LogP contribution in [0.2, 0.25) is 0 Å². The van der Waals surface area contributed by atoms with Gasteiger partial charge in [0.2, 0.25) is 0 Å². The van der Waals surface area contributed by atoms with Crippen LogP contribution in [-0.4, -0.2) is 30.3 Å². The van der Waals surface area contributed by atoms with E-state index >= 15 is 0 Å². The van der Waals surface area contributed by atoms with Crippen molar-refractivity contribution < 1.29 is 23.9 Å². The normalized spacial score (nSPS) is 10.6. The summed E-state index contributed by atoms with van der Waals surface area (Å²) in [6.45, 7) is 4.97. The number of benzene rings is 3. The van der Waals surface area contributed by atoms with Gasteiger partial charge in [0.25, 0.3) is 11.6 Å². The van der Waals surface area contributed by atoms with Gasteiger partial charge in [-0.25, -0.2) is 5.43 Å². The van der Waals surface area contributed by atoms with Gasteiger partial charge in [-0.1, -0.05) is 0 Å². The fraction of sp³-hybridized carbons (Fsp3) is 0.200. The summed E-state index contributed by atoms with van der Waals surface area (Å²) >= 11 is 0. The number of ether oxygens (including phenoxy) is 3.